The molecule has 0 radical (unpaired) electrons. The van der Waals surface area contributed by atoms with Crippen LogP contribution in [0.2, 0.25) is 5.02 Å². The van der Waals surface area contributed by atoms with Crippen LogP contribution in [0, 0.1) is 0 Å². The first-order chi connectivity index (χ1) is 6.46. The van der Waals surface area contributed by atoms with E-state index in [-0.39, 0.29) is 5.41 Å². The topological polar surface area (TPSA) is 45.5 Å². The Hall–Kier alpha value is -1.09. The summed E-state index contributed by atoms with van der Waals surface area (Å²) >= 11 is 5.95. The first kappa shape index (κ1) is 11.0. The number of halogens is 1. The monoisotopic (exact) mass is 212 g/mol. The van der Waals surface area contributed by atoms with E-state index in [1.54, 1.807) is 6.20 Å². The molecule has 0 fully saturated rings. The van der Waals surface area contributed by atoms with Crippen LogP contribution in [-0.4, -0.2) is 16.4 Å². The van der Waals surface area contributed by atoms with Crippen LogP contribution in [-0.2, 0) is 5.41 Å². The molecule has 1 aromatic heterocycles. The third-order valence-electron chi connectivity index (χ3n) is 1.93. The Kier molecular flexibility index (Phi) is 3.11. The normalized spacial score (nSPS) is 12.3. The minimum Gasteiger partial charge on any atom is -0.411 e. The quantitative estimate of drug-likeness (QED) is 0.442. The number of rotatable bonds is 1. The van der Waals surface area contributed by atoms with Crippen LogP contribution in [0.25, 0.3) is 0 Å². The molecular weight excluding hydrogens is 200 g/mol. The molecule has 0 atom stereocenters. The smallest absolute Gasteiger partial charge is 0.0752 e. The molecule has 4 heteroatoms. The maximum atomic E-state index is 8.52. The molecule has 14 heavy (non-hydrogen) atoms. The van der Waals surface area contributed by atoms with E-state index in [9.17, 15) is 0 Å². The molecule has 0 aliphatic heterocycles. The highest BCUT2D eigenvalue weighted by Crippen LogP contribution is 2.27. The lowest BCUT2D eigenvalue weighted by atomic mass is 9.85. The zero-order valence-electron chi connectivity index (χ0n) is 8.45. The second-order valence-corrected chi connectivity index (χ2v) is 4.48. The molecule has 76 valence electrons. The maximum absolute atomic E-state index is 8.52. The van der Waals surface area contributed by atoms with Crippen molar-refractivity contribution in [2.45, 2.75) is 26.2 Å². The van der Waals surface area contributed by atoms with Crippen molar-refractivity contribution in [1.82, 2.24) is 4.98 Å². The number of oxime groups is 1. The number of hydrogen-bond donors (Lipinski definition) is 1. The average molecular weight is 213 g/mol. The van der Waals surface area contributed by atoms with Gasteiger partial charge in [-0.1, -0.05) is 37.5 Å². The van der Waals surface area contributed by atoms with Gasteiger partial charge in [0, 0.05) is 18.0 Å². The van der Waals surface area contributed by atoms with E-state index in [0.717, 1.165) is 11.1 Å². The molecule has 0 unspecified atom stereocenters. The zero-order chi connectivity index (χ0) is 10.8. The van der Waals surface area contributed by atoms with E-state index in [0.29, 0.717) is 5.02 Å². The summed E-state index contributed by atoms with van der Waals surface area (Å²) in [6.45, 7) is 6.15. The Balaban J connectivity index is 3.36. The first-order valence-electron chi connectivity index (χ1n) is 4.28. The summed E-state index contributed by atoms with van der Waals surface area (Å²) in [5.41, 5.74) is 1.61. The minimum absolute atomic E-state index is 0.0750. The van der Waals surface area contributed by atoms with Gasteiger partial charge >= 0.3 is 0 Å². The van der Waals surface area contributed by atoms with Crippen LogP contribution >= 0.6 is 11.6 Å². The molecule has 0 aromatic carbocycles. The van der Waals surface area contributed by atoms with Crippen molar-refractivity contribution in [3.05, 3.63) is 28.5 Å². The van der Waals surface area contributed by atoms with Gasteiger partial charge in [-0.25, -0.2) is 0 Å². The van der Waals surface area contributed by atoms with E-state index < -0.39 is 0 Å². The van der Waals surface area contributed by atoms with Gasteiger partial charge in [-0.05, 0) is 11.0 Å². The third kappa shape index (κ3) is 2.23. The zero-order valence-corrected chi connectivity index (χ0v) is 9.21. The summed E-state index contributed by atoms with van der Waals surface area (Å²) in [5, 5.41) is 12.0. The Morgan fingerprint density at radius 2 is 2.07 bits per heavy atom. The molecule has 0 aliphatic carbocycles. The van der Waals surface area contributed by atoms with Crippen molar-refractivity contribution in [2.75, 3.05) is 0 Å². The summed E-state index contributed by atoms with van der Waals surface area (Å²) in [5.74, 6) is 0. The summed E-state index contributed by atoms with van der Waals surface area (Å²) in [4.78, 5) is 4.02. The second-order valence-electron chi connectivity index (χ2n) is 4.08. The van der Waals surface area contributed by atoms with Gasteiger partial charge in [0.05, 0.1) is 11.2 Å². The number of nitrogens with zero attached hydrogens (tertiary/aromatic N) is 2. The number of hydrogen-bond acceptors (Lipinski definition) is 3. The molecule has 0 bridgehead atoms. The van der Waals surface area contributed by atoms with Crippen molar-refractivity contribution in [1.29, 1.82) is 0 Å². The summed E-state index contributed by atoms with van der Waals surface area (Å²) in [6, 6.07) is 0. The van der Waals surface area contributed by atoms with Gasteiger partial charge in [-0.3, -0.25) is 4.98 Å². The SMILES string of the molecule is CC(C)(C)c1cncc(Cl)c1/C=N/O. The molecule has 1 rings (SSSR count). The van der Waals surface area contributed by atoms with Gasteiger partial charge in [0.25, 0.3) is 0 Å². The van der Waals surface area contributed by atoms with Crippen molar-refractivity contribution in [3.63, 3.8) is 0 Å². The van der Waals surface area contributed by atoms with E-state index in [1.807, 2.05) is 0 Å². The predicted molar refractivity (Wildman–Crippen MR) is 57.3 cm³/mol. The van der Waals surface area contributed by atoms with Gasteiger partial charge < -0.3 is 5.21 Å². The fraction of sp³-hybridized carbons (Fsp3) is 0.400. The summed E-state index contributed by atoms with van der Waals surface area (Å²) < 4.78 is 0. The third-order valence-corrected chi connectivity index (χ3v) is 2.24. The highest BCUT2D eigenvalue weighted by molar-refractivity contribution is 6.33. The summed E-state index contributed by atoms with van der Waals surface area (Å²) in [6.07, 6.45) is 4.61. The molecule has 0 amide bonds. The van der Waals surface area contributed by atoms with Crippen molar-refractivity contribution < 1.29 is 5.21 Å². The largest absolute Gasteiger partial charge is 0.411 e. The van der Waals surface area contributed by atoms with Crippen LogP contribution in [0.5, 0.6) is 0 Å². The predicted octanol–water partition coefficient (Wildman–Crippen LogP) is 2.84. The van der Waals surface area contributed by atoms with Gasteiger partial charge in [0.15, 0.2) is 0 Å². The molecule has 0 aliphatic rings. The van der Waals surface area contributed by atoms with Crippen molar-refractivity contribution in [3.8, 4) is 0 Å². The standard InChI is InChI=1S/C10H13ClN2O/c1-10(2,3)8-5-12-6-9(11)7(8)4-13-14/h4-6,14H,1-3H3/b13-4+. The van der Waals surface area contributed by atoms with Gasteiger partial charge in [-0.15, -0.1) is 0 Å². The van der Waals surface area contributed by atoms with Crippen LogP contribution in [0.4, 0.5) is 0 Å². The minimum atomic E-state index is -0.0750. The molecule has 1 heterocycles. The molecule has 1 aromatic rings. The van der Waals surface area contributed by atoms with E-state index in [4.69, 9.17) is 16.8 Å². The molecule has 0 saturated carbocycles. The Bertz CT molecular complexity index is 356. The highest BCUT2D eigenvalue weighted by Gasteiger charge is 2.19. The molecular formula is C10H13ClN2O. The Labute approximate surface area is 88.4 Å². The highest BCUT2D eigenvalue weighted by atomic mass is 35.5. The first-order valence-corrected chi connectivity index (χ1v) is 4.66. The molecule has 3 nitrogen and oxygen atoms in total. The van der Waals surface area contributed by atoms with Crippen LogP contribution < -0.4 is 0 Å². The van der Waals surface area contributed by atoms with Gasteiger partial charge in [-0.2, -0.15) is 0 Å². The van der Waals surface area contributed by atoms with E-state index in [2.05, 4.69) is 30.9 Å². The molecule has 1 N–H and O–H groups in total. The average Bonchev–Trinajstić information content (AvgIpc) is 2.07. The lowest BCUT2D eigenvalue weighted by molar-refractivity contribution is 0.321. The van der Waals surface area contributed by atoms with Crippen molar-refractivity contribution in [2.24, 2.45) is 5.16 Å². The fourth-order valence-corrected chi connectivity index (χ4v) is 1.44. The number of aromatic nitrogens is 1. The molecule has 0 saturated heterocycles. The Morgan fingerprint density at radius 1 is 1.43 bits per heavy atom. The maximum Gasteiger partial charge on any atom is 0.0752 e. The fourth-order valence-electron chi connectivity index (χ4n) is 1.23. The second kappa shape index (κ2) is 3.96. The van der Waals surface area contributed by atoms with E-state index in [1.165, 1.54) is 12.4 Å². The number of pyridine rings is 1. The Morgan fingerprint density at radius 3 is 2.57 bits per heavy atom. The van der Waals surface area contributed by atoms with Crippen LogP contribution in [0.15, 0.2) is 17.5 Å². The molecule has 0 spiro atoms. The summed E-state index contributed by atoms with van der Waals surface area (Å²) in [7, 11) is 0. The van der Waals surface area contributed by atoms with E-state index >= 15 is 0 Å². The van der Waals surface area contributed by atoms with Crippen LogP contribution in [0.1, 0.15) is 31.9 Å². The van der Waals surface area contributed by atoms with Gasteiger partial charge in [0.1, 0.15) is 0 Å². The lowest BCUT2D eigenvalue weighted by Gasteiger charge is -2.21. The van der Waals surface area contributed by atoms with Gasteiger partial charge in [0.2, 0.25) is 0 Å². The van der Waals surface area contributed by atoms with Crippen LogP contribution in [0.3, 0.4) is 0 Å². The van der Waals surface area contributed by atoms with Crippen molar-refractivity contribution >= 4 is 17.8 Å². The lowest BCUT2D eigenvalue weighted by Crippen LogP contribution is -2.15.